The standard InChI is InChI=1S/C12H14F2N2O2/c13-10-2-1-9(7-11(10)14)15-8-12(17)16-3-5-18-6-4-16/h1-2,7,15H,3-6,8H2. The summed E-state index contributed by atoms with van der Waals surface area (Å²) in [4.78, 5) is 13.4. The van der Waals surface area contributed by atoms with Crippen LogP contribution < -0.4 is 5.32 Å². The molecule has 1 heterocycles. The zero-order chi connectivity index (χ0) is 13.0. The van der Waals surface area contributed by atoms with Crippen molar-refractivity contribution in [2.45, 2.75) is 0 Å². The molecule has 0 atom stereocenters. The number of nitrogens with zero attached hydrogens (tertiary/aromatic N) is 1. The molecular formula is C12H14F2N2O2. The fourth-order valence-electron chi connectivity index (χ4n) is 1.71. The van der Waals surface area contributed by atoms with Gasteiger partial charge in [0.25, 0.3) is 0 Å². The molecule has 0 spiro atoms. The van der Waals surface area contributed by atoms with Crippen LogP contribution in [0, 0.1) is 11.6 Å². The smallest absolute Gasteiger partial charge is 0.242 e. The summed E-state index contributed by atoms with van der Waals surface area (Å²) in [6.07, 6.45) is 0. The summed E-state index contributed by atoms with van der Waals surface area (Å²) < 4.78 is 30.8. The highest BCUT2D eigenvalue weighted by atomic mass is 19.2. The topological polar surface area (TPSA) is 41.6 Å². The summed E-state index contributed by atoms with van der Waals surface area (Å²) in [5.74, 6) is -1.91. The van der Waals surface area contributed by atoms with Gasteiger partial charge in [-0.25, -0.2) is 8.78 Å². The van der Waals surface area contributed by atoms with E-state index in [9.17, 15) is 13.6 Å². The zero-order valence-corrected chi connectivity index (χ0v) is 9.79. The summed E-state index contributed by atoms with van der Waals surface area (Å²) in [5, 5.41) is 2.77. The maximum absolute atomic E-state index is 12.9. The predicted molar refractivity (Wildman–Crippen MR) is 62.2 cm³/mol. The Kier molecular flexibility index (Phi) is 4.09. The van der Waals surface area contributed by atoms with Crippen LogP contribution in [0.3, 0.4) is 0 Å². The number of anilines is 1. The monoisotopic (exact) mass is 256 g/mol. The lowest BCUT2D eigenvalue weighted by atomic mass is 10.3. The van der Waals surface area contributed by atoms with Gasteiger partial charge in [-0.05, 0) is 12.1 Å². The van der Waals surface area contributed by atoms with Crippen molar-refractivity contribution in [1.29, 1.82) is 0 Å². The zero-order valence-electron chi connectivity index (χ0n) is 9.79. The van der Waals surface area contributed by atoms with Crippen LogP contribution in [0.25, 0.3) is 0 Å². The van der Waals surface area contributed by atoms with E-state index in [2.05, 4.69) is 5.32 Å². The Hall–Kier alpha value is -1.69. The van der Waals surface area contributed by atoms with Gasteiger partial charge in [0.2, 0.25) is 5.91 Å². The number of nitrogens with one attached hydrogen (secondary N) is 1. The number of amides is 1. The van der Waals surface area contributed by atoms with Crippen molar-refractivity contribution in [2.75, 3.05) is 38.2 Å². The van der Waals surface area contributed by atoms with Crippen molar-refractivity contribution in [1.82, 2.24) is 4.90 Å². The van der Waals surface area contributed by atoms with E-state index in [0.29, 0.717) is 32.0 Å². The van der Waals surface area contributed by atoms with Crippen molar-refractivity contribution in [2.24, 2.45) is 0 Å². The Balaban J connectivity index is 1.86. The van der Waals surface area contributed by atoms with E-state index in [1.165, 1.54) is 6.07 Å². The predicted octanol–water partition coefficient (Wildman–Crippen LogP) is 1.24. The van der Waals surface area contributed by atoms with Crippen LogP contribution >= 0.6 is 0 Å². The molecule has 0 bridgehead atoms. The molecule has 2 rings (SSSR count). The molecule has 0 unspecified atom stereocenters. The highest BCUT2D eigenvalue weighted by molar-refractivity contribution is 5.80. The Morgan fingerprint density at radius 3 is 2.67 bits per heavy atom. The quantitative estimate of drug-likeness (QED) is 0.884. The van der Waals surface area contributed by atoms with Crippen molar-refractivity contribution in [3.63, 3.8) is 0 Å². The van der Waals surface area contributed by atoms with E-state index in [-0.39, 0.29) is 12.5 Å². The summed E-state index contributed by atoms with van der Waals surface area (Å²) in [5.41, 5.74) is 0.385. The van der Waals surface area contributed by atoms with Gasteiger partial charge in [-0.3, -0.25) is 4.79 Å². The minimum Gasteiger partial charge on any atom is -0.378 e. The van der Waals surface area contributed by atoms with Crippen LogP contribution in [0.15, 0.2) is 18.2 Å². The number of carbonyl (C=O) groups excluding carboxylic acids is 1. The van der Waals surface area contributed by atoms with Crippen LogP contribution in [0.5, 0.6) is 0 Å². The van der Waals surface area contributed by atoms with Gasteiger partial charge in [0.15, 0.2) is 11.6 Å². The van der Waals surface area contributed by atoms with Crippen LogP contribution in [0.1, 0.15) is 0 Å². The number of ether oxygens (including phenoxy) is 1. The highest BCUT2D eigenvalue weighted by Crippen LogP contribution is 2.12. The van der Waals surface area contributed by atoms with E-state index in [0.717, 1.165) is 12.1 Å². The number of carbonyl (C=O) groups is 1. The highest BCUT2D eigenvalue weighted by Gasteiger charge is 2.16. The average Bonchev–Trinajstić information content (AvgIpc) is 2.41. The molecule has 0 aromatic heterocycles. The lowest BCUT2D eigenvalue weighted by Crippen LogP contribution is -2.43. The fourth-order valence-corrected chi connectivity index (χ4v) is 1.71. The molecule has 1 fully saturated rings. The first-order chi connectivity index (χ1) is 8.66. The van der Waals surface area contributed by atoms with Crippen LogP contribution in [0.4, 0.5) is 14.5 Å². The Morgan fingerprint density at radius 2 is 2.00 bits per heavy atom. The normalized spacial score (nSPS) is 15.6. The van der Waals surface area contributed by atoms with Crippen molar-refractivity contribution >= 4 is 11.6 Å². The number of benzene rings is 1. The van der Waals surface area contributed by atoms with Crippen LogP contribution in [-0.2, 0) is 9.53 Å². The Labute approximate surface area is 104 Å². The third-order valence-corrected chi connectivity index (χ3v) is 2.73. The third-order valence-electron chi connectivity index (χ3n) is 2.73. The van der Waals surface area contributed by atoms with Gasteiger partial charge in [-0.2, -0.15) is 0 Å². The fraction of sp³-hybridized carbons (Fsp3) is 0.417. The van der Waals surface area contributed by atoms with Crippen LogP contribution in [-0.4, -0.2) is 43.7 Å². The molecule has 1 aromatic rings. The first-order valence-corrected chi connectivity index (χ1v) is 5.71. The minimum absolute atomic E-state index is 0.0606. The van der Waals surface area contributed by atoms with Crippen molar-refractivity contribution in [3.8, 4) is 0 Å². The maximum Gasteiger partial charge on any atom is 0.242 e. The number of halogens is 2. The molecule has 98 valence electrons. The second-order valence-electron chi connectivity index (χ2n) is 3.98. The molecule has 1 aromatic carbocycles. The van der Waals surface area contributed by atoms with Gasteiger partial charge in [-0.15, -0.1) is 0 Å². The first kappa shape index (κ1) is 12.8. The van der Waals surface area contributed by atoms with E-state index >= 15 is 0 Å². The average molecular weight is 256 g/mol. The van der Waals surface area contributed by atoms with Crippen molar-refractivity contribution in [3.05, 3.63) is 29.8 Å². The molecule has 6 heteroatoms. The molecule has 1 saturated heterocycles. The van der Waals surface area contributed by atoms with Gasteiger partial charge in [-0.1, -0.05) is 0 Å². The number of morpholine rings is 1. The number of hydrogen-bond donors (Lipinski definition) is 1. The van der Waals surface area contributed by atoms with Gasteiger partial charge < -0.3 is 15.0 Å². The lowest BCUT2D eigenvalue weighted by Gasteiger charge is -2.27. The molecule has 0 aliphatic carbocycles. The van der Waals surface area contributed by atoms with Gasteiger partial charge in [0.05, 0.1) is 19.8 Å². The Morgan fingerprint density at radius 1 is 1.28 bits per heavy atom. The Bertz CT molecular complexity index is 434. The number of hydrogen-bond acceptors (Lipinski definition) is 3. The molecule has 1 aliphatic rings. The van der Waals surface area contributed by atoms with Gasteiger partial charge >= 0.3 is 0 Å². The molecule has 4 nitrogen and oxygen atoms in total. The maximum atomic E-state index is 12.9. The van der Waals surface area contributed by atoms with E-state index < -0.39 is 11.6 Å². The largest absolute Gasteiger partial charge is 0.378 e. The molecule has 18 heavy (non-hydrogen) atoms. The molecule has 0 saturated carbocycles. The summed E-state index contributed by atoms with van der Waals surface area (Å²) in [6.45, 7) is 2.27. The molecule has 1 aliphatic heterocycles. The molecule has 1 N–H and O–H groups in total. The van der Waals surface area contributed by atoms with Crippen LogP contribution in [0.2, 0.25) is 0 Å². The lowest BCUT2D eigenvalue weighted by molar-refractivity contribution is -0.133. The number of rotatable bonds is 3. The molecule has 0 radical (unpaired) electrons. The van der Waals surface area contributed by atoms with Gasteiger partial charge in [0.1, 0.15) is 0 Å². The summed E-state index contributed by atoms with van der Waals surface area (Å²) in [7, 11) is 0. The second-order valence-corrected chi connectivity index (χ2v) is 3.98. The minimum atomic E-state index is -0.932. The van der Waals surface area contributed by atoms with E-state index in [1.54, 1.807) is 4.90 Å². The summed E-state index contributed by atoms with van der Waals surface area (Å²) in [6, 6.07) is 3.45. The van der Waals surface area contributed by atoms with Gasteiger partial charge in [0, 0.05) is 24.8 Å². The summed E-state index contributed by atoms with van der Waals surface area (Å²) >= 11 is 0. The third kappa shape index (κ3) is 3.16. The van der Waals surface area contributed by atoms with Crippen molar-refractivity contribution < 1.29 is 18.3 Å². The first-order valence-electron chi connectivity index (χ1n) is 5.71. The van der Waals surface area contributed by atoms with E-state index in [4.69, 9.17) is 4.74 Å². The molecular weight excluding hydrogens is 242 g/mol. The SMILES string of the molecule is O=C(CNc1ccc(F)c(F)c1)N1CCOCC1. The second kappa shape index (κ2) is 5.77. The molecule has 1 amide bonds. The van der Waals surface area contributed by atoms with E-state index in [1.807, 2.05) is 0 Å².